The van der Waals surface area contributed by atoms with E-state index in [-0.39, 0.29) is 5.91 Å². The van der Waals surface area contributed by atoms with Crippen molar-refractivity contribution in [3.63, 3.8) is 0 Å². The molecule has 0 atom stereocenters. The van der Waals surface area contributed by atoms with E-state index in [0.29, 0.717) is 12.6 Å². The lowest BCUT2D eigenvalue weighted by Crippen LogP contribution is -2.36. The Kier molecular flexibility index (Phi) is 6.53. The van der Waals surface area contributed by atoms with Crippen LogP contribution in [-0.4, -0.2) is 43.5 Å². The van der Waals surface area contributed by atoms with Gasteiger partial charge in [-0.15, -0.1) is 0 Å². The van der Waals surface area contributed by atoms with E-state index in [1.54, 1.807) is 0 Å². The van der Waals surface area contributed by atoms with Crippen LogP contribution < -0.4 is 10.6 Å². The maximum absolute atomic E-state index is 11.8. The summed E-state index contributed by atoms with van der Waals surface area (Å²) in [4.78, 5) is 14.0. The van der Waals surface area contributed by atoms with Gasteiger partial charge in [0.1, 0.15) is 0 Å². The van der Waals surface area contributed by atoms with Crippen molar-refractivity contribution in [3.05, 3.63) is 29.8 Å². The molecule has 0 bridgehead atoms. The standard InChI is InChI=1S/C15H25N3O/c1-12(2)18(4)10-9-16-11-15(19)17-14-8-6-5-7-13(14)3/h5-8,12,16H,9-11H2,1-4H3,(H,17,19). The quantitative estimate of drug-likeness (QED) is 0.738. The van der Waals surface area contributed by atoms with Gasteiger partial charge in [0.15, 0.2) is 0 Å². The Bertz CT molecular complexity index is 404. The van der Waals surface area contributed by atoms with E-state index >= 15 is 0 Å². The molecule has 2 N–H and O–H groups in total. The van der Waals surface area contributed by atoms with Crippen LogP contribution in [0.4, 0.5) is 5.69 Å². The number of carbonyl (C=O) groups excluding carboxylic acids is 1. The molecule has 0 saturated heterocycles. The Labute approximate surface area is 116 Å². The van der Waals surface area contributed by atoms with Gasteiger partial charge in [0.25, 0.3) is 0 Å². The van der Waals surface area contributed by atoms with E-state index in [1.807, 2.05) is 31.2 Å². The Morgan fingerprint density at radius 3 is 2.63 bits per heavy atom. The van der Waals surface area contributed by atoms with Crippen LogP contribution in [-0.2, 0) is 4.79 Å². The third-order valence-corrected chi connectivity index (χ3v) is 3.23. The van der Waals surface area contributed by atoms with Gasteiger partial charge in [-0.1, -0.05) is 18.2 Å². The van der Waals surface area contributed by atoms with Gasteiger partial charge in [-0.3, -0.25) is 4.79 Å². The molecule has 0 saturated carbocycles. The van der Waals surface area contributed by atoms with E-state index in [4.69, 9.17) is 0 Å². The minimum absolute atomic E-state index is 0.00139. The predicted octanol–water partition coefficient (Wildman–Crippen LogP) is 1.86. The number of likely N-dealkylation sites (N-methyl/N-ethyl adjacent to an activating group) is 1. The number of carbonyl (C=O) groups is 1. The van der Waals surface area contributed by atoms with E-state index in [2.05, 4.69) is 36.4 Å². The van der Waals surface area contributed by atoms with Crippen LogP contribution in [0.15, 0.2) is 24.3 Å². The van der Waals surface area contributed by atoms with Crippen LogP contribution >= 0.6 is 0 Å². The molecule has 0 aromatic heterocycles. The van der Waals surface area contributed by atoms with E-state index < -0.39 is 0 Å². The van der Waals surface area contributed by atoms with Gasteiger partial charge in [-0.2, -0.15) is 0 Å². The molecule has 0 aliphatic heterocycles. The van der Waals surface area contributed by atoms with Crippen molar-refractivity contribution in [2.75, 3.05) is 32.0 Å². The molecule has 1 aromatic carbocycles. The smallest absolute Gasteiger partial charge is 0.238 e. The van der Waals surface area contributed by atoms with Crippen LogP contribution in [0.2, 0.25) is 0 Å². The Morgan fingerprint density at radius 2 is 2.00 bits per heavy atom. The Hall–Kier alpha value is -1.39. The summed E-state index contributed by atoms with van der Waals surface area (Å²) < 4.78 is 0. The Balaban J connectivity index is 2.24. The summed E-state index contributed by atoms with van der Waals surface area (Å²) >= 11 is 0. The fourth-order valence-electron chi connectivity index (χ4n) is 1.62. The first-order valence-electron chi connectivity index (χ1n) is 6.77. The molecule has 4 nitrogen and oxygen atoms in total. The number of amides is 1. The molecule has 0 unspecified atom stereocenters. The van der Waals surface area contributed by atoms with Gasteiger partial charge in [-0.05, 0) is 39.4 Å². The van der Waals surface area contributed by atoms with Gasteiger partial charge in [0.2, 0.25) is 5.91 Å². The largest absolute Gasteiger partial charge is 0.325 e. The summed E-state index contributed by atoms with van der Waals surface area (Å²) in [5.41, 5.74) is 1.96. The number of aryl methyl sites for hydroxylation is 1. The van der Waals surface area contributed by atoms with Crippen molar-refractivity contribution in [3.8, 4) is 0 Å². The predicted molar refractivity (Wildman–Crippen MR) is 80.4 cm³/mol. The maximum atomic E-state index is 11.8. The summed E-state index contributed by atoms with van der Waals surface area (Å²) in [6.45, 7) is 8.40. The molecule has 1 rings (SSSR count). The lowest BCUT2D eigenvalue weighted by Gasteiger charge is -2.20. The highest BCUT2D eigenvalue weighted by Gasteiger charge is 2.05. The average Bonchev–Trinajstić information content (AvgIpc) is 2.37. The van der Waals surface area contributed by atoms with E-state index in [1.165, 1.54) is 0 Å². The fourth-order valence-corrected chi connectivity index (χ4v) is 1.62. The molecule has 0 spiro atoms. The van der Waals surface area contributed by atoms with Crippen molar-refractivity contribution < 1.29 is 4.79 Å². The molecule has 4 heteroatoms. The number of hydrogen-bond donors (Lipinski definition) is 2. The third kappa shape index (κ3) is 5.85. The summed E-state index contributed by atoms with van der Waals surface area (Å²) in [6, 6.07) is 8.32. The number of hydrogen-bond acceptors (Lipinski definition) is 3. The molecule has 106 valence electrons. The highest BCUT2D eigenvalue weighted by atomic mass is 16.1. The normalized spacial score (nSPS) is 11.1. The monoisotopic (exact) mass is 263 g/mol. The van der Waals surface area contributed by atoms with Crippen molar-refractivity contribution in [2.24, 2.45) is 0 Å². The van der Waals surface area contributed by atoms with Crippen LogP contribution in [0.25, 0.3) is 0 Å². The minimum Gasteiger partial charge on any atom is -0.325 e. The number of para-hydroxylation sites is 1. The number of anilines is 1. The molecular weight excluding hydrogens is 238 g/mol. The van der Waals surface area contributed by atoms with Crippen molar-refractivity contribution in [2.45, 2.75) is 26.8 Å². The Morgan fingerprint density at radius 1 is 1.32 bits per heavy atom. The SMILES string of the molecule is Cc1ccccc1NC(=O)CNCCN(C)C(C)C. The van der Waals surface area contributed by atoms with Gasteiger partial charge in [0.05, 0.1) is 6.54 Å². The number of benzene rings is 1. The second-order valence-electron chi connectivity index (χ2n) is 5.11. The molecule has 0 fully saturated rings. The average molecular weight is 263 g/mol. The molecule has 0 heterocycles. The second kappa shape index (κ2) is 7.92. The van der Waals surface area contributed by atoms with Gasteiger partial charge < -0.3 is 15.5 Å². The fraction of sp³-hybridized carbons (Fsp3) is 0.533. The minimum atomic E-state index is 0.00139. The van der Waals surface area contributed by atoms with Gasteiger partial charge >= 0.3 is 0 Å². The lowest BCUT2D eigenvalue weighted by atomic mass is 10.2. The first-order valence-corrected chi connectivity index (χ1v) is 6.77. The second-order valence-corrected chi connectivity index (χ2v) is 5.11. The first-order chi connectivity index (χ1) is 9.00. The molecule has 0 aliphatic rings. The molecule has 1 aromatic rings. The van der Waals surface area contributed by atoms with Crippen LogP contribution in [0.1, 0.15) is 19.4 Å². The van der Waals surface area contributed by atoms with Crippen LogP contribution in [0.5, 0.6) is 0 Å². The summed E-state index contributed by atoms with van der Waals surface area (Å²) in [6.07, 6.45) is 0. The highest BCUT2D eigenvalue weighted by Crippen LogP contribution is 2.12. The molecular formula is C15H25N3O. The summed E-state index contributed by atoms with van der Waals surface area (Å²) in [7, 11) is 2.08. The molecule has 19 heavy (non-hydrogen) atoms. The molecule has 0 aliphatic carbocycles. The third-order valence-electron chi connectivity index (χ3n) is 3.23. The van der Waals surface area contributed by atoms with E-state index in [0.717, 1.165) is 24.3 Å². The molecule has 0 radical (unpaired) electrons. The lowest BCUT2D eigenvalue weighted by molar-refractivity contribution is -0.115. The van der Waals surface area contributed by atoms with Crippen LogP contribution in [0.3, 0.4) is 0 Å². The highest BCUT2D eigenvalue weighted by molar-refractivity contribution is 5.92. The first kappa shape index (κ1) is 15.7. The zero-order valence-electron chi connectivity index (χ0n) is 12.4. The van der Waals surface area contributed by atoms with Crippen molar-refractivity contribution >= 4 is 11.6 Å². The number of nitrogens with zero attached hydrogens (tertiary/aromatic N) is 1. The van der Waals surface area contributed by atoms with Crippen molar-refractivity contribution in [1.82, 2.24) is 10.2 Å². The number of nitrogens with one attached hydrogen (secondary N) is 2. The van der Waals surface area contributed by atoms with E-state index in [9.17, 15) is 4.79 Å². The van der Waals surface area contributed by atoms with Crippen molar-refractivity contribution in [1.29, 1.82) is 0 Å². The topological polar surface area (TPSA) is 44.4 Å². The van der Waals surface area contributed by atoms with Gasteiger partial charge in [0, 0.05) is 24.8 Å². The maximum Gasteiger partial charge on any atom is 0.238 e. The summed E-state index contributed by atoms with van der Waals surface area (Å²) in [5.74, 6) is 0.00139. The molecule has 1 amide bonds. The number of rotatable bonds is 7. The zero-order valence-corrected chi connectivity index (χ0v) is 12.4. The summed E-state index contributed by atoms with van der Waals surface area (Å²) in [5, 5.41) is 6.06. The zero-order chi connectivity index (χ0) is 14.3. The van der Waals surface area contributed by atoms with Crippen LogP contribution in [0, 0.1) is 6.92 Å². The van der Waals surface area contributed by atoms with Gasteiger partial charge in [-0.25, -0.2) is 0 Å².